The summed E-state index contributed by atoms with van der Waals surface area (Å²) >= 11 is 7.32. The van der Waals surface area contributed by atoms with Crippen molar-refractivity contribution in [2.45, 2.75) is 25.5 Å². The fourth-order valence-electron chi connectivity index (χ4n) is 2.66. The van der Waals surface area contributed by atoms with Gasteiger partial charge < -0.3 is 5.32 Å². The molecule has 0 radical (unpaired) electrons. The van der Waals surface area contributed by atoms with Crippen molar-refractivity contribution in [3.05, 3.63) is 63.9 Å². The van der Waals surface area contributed by atoms with Gasteiger partial charge in [0.15, 0.2) is 5.16 Å². The van der Waals surface area contributed by atoms with Crippen LogP contribution < -0.4 is 10.9 Å². The van der Waals surface area contributed by atoms with Crippen LogP contribution in [0.1, 0.15) is 13.8 Å². The molecule has 0 aliphatic heterocycles. The molecule has 2 aromatic carbocycles. The van der Waals surface area contributed by atoms with E-state index in [1.165, 1.54) is 11.8 Å². The molecule has 1 amide bonds. The van der Waals surface area contributed by atoms with Gasteiger partial charge in [0.2, 0.25) is 5.91 Å². The second-order valence-corrected chi connectivity index (χ2v) is 7.89. The lowest BCUT2D eigenvalue weighted by Crippen LogP contribution is -2.26. The number of nitrogens with one attached hydrogen (secondary N) is 1. The van der Waals surface area contributed by atoms with Crippen molar-refractivity contribution in [3.8, 4) is 0 Å². The van der Waals surface area contributed by atoms with E-state index in [-0.39, 0.29) is 23.1 Å². The highest BCUT2D eigenvalue weighted by atomic mass is 35.5. The average Bonchev–Trinajstić information content (AvgIpc) is 2.64. The number of halogens is 1. The Morgan fingerprint density at radius 2 is 1.89 bits per heavy atom. The number of amides is 1. The van der Waals surface area contributed by atoms with Gasteiger partial charge in [-0.2, -0.15) is 0 Å². The van der Waals surface area contributed by atoms with Crippen molar-refractivity contribution >= 4 is 45.9 Å². The maximum Gasteiger partial charge on any atom is 0.262 e. The first kappa shape index (κ1) is 19.5. The third-order valence-corrected chi connectivity index (χ3v) is 5.16. The molecule has 0 bridgehead atoms. The van der Waals surface area contributed by atoms with Gasteiger partial charge in [-0.15, -0.1) is 0 Å². The summed E-state index contributed by atoms with van der Waals surface area (Å²) in [6.07, 6.45) is 0. The molecule has 27 heavy (non-hydrogen) atoms. The molecular weight excluding hydrogens is 382 g/mol. The van der Waals surface area contributed by atoms with E-state index in [0.29, 0.717) is 33.3 Å². The molecule has 0 fully saturated rings. The van der Waals surface area contributed by atoms with E-state index in [1.54, 1.807) is 34.9 Å². The maximum atomic E-state index is 12.9. The fourth-order valence-corrected chi connectivity index (χ4v) is 3.65. The van der Waals surface area contributed by atoms with Crippen molar-refractivity contribution in [1.82, 2.24) is 9.55 Å². The van der Waals surface area contributed by atoms with Crippen LogP contribution in [0.3, 0.4) is 0 Å². The van der Waals surface area contributed by atoms with Crippen molar-refractivity contribution in [2.75, 3.05) is 11.1 Å². The molecule has 0 aliphatic carbocycles. The molecule has 3 aromatic rings. The SMILES string of the molecule is CC(C)Cn1c(SCC(=O)Nc2ccccc2Cl)nc2ccccc2c1=O. The van der Waals surface area contributed by atoms with Gasteiger partial charge in [0.25, 0.3) is 5.56 Å². The van der Waals surface area contributed by atoms with Crippen LogP contribution in [0.5, 0.6) is 0 Å². The number of anilines is 1. The predicted octanol–water partition coefficient (Wildman–Crippen LogP) is 4.44. The molecule has 1 heterocycles. The highest BCUT2D eigenvalue weighted by Gasteiger charge is 2.14. The Labute approximate surface area is 166 Å². The topological polar surface area (TPSA) is 64.0 Å². The Morgan fingerprint density at radius 1 is 1.19 bits per heavy atom. The summed E-state index contributed by atoms with van der Waals surface area (Å²) < 4.78 is 1.65. The van der Waals surface area contributed by atoms with Gasteiger partial charge in [-0.05, 0) is 30.2 Å². The number of para-hydroxylation sites is 2. The summed E-state index contributed by atoms with van der Waals surface area (Å²) in [5, 5.41) is 4.40. The molecule has 7 heteroatoms. The van der Waals surface area contributed by atoms with Crippen LogP contribution >= 0.6 is 23.4 Å². The first-order valence-electron chi connectivity index (χ1n) is 8.62. The van der Waals surface area contributed by atoms with E-state index in [0.717, 1.165) is 0 Å². The number of hydrogen-bond donors (Lipinski definition) is 1. The van der Waals surface area contributed by atoms with E-state index in [2.05, 4.69) is 10.3 Å². The molecule has 0 saturated heterocycles. The maximum absolute atomic E-state index is 12.9. The highest BCUT2D eigenvalue weighted by Crippen LogP contribution is 2.22. The fraction of sp³-hybridized carbons (Fsp3) is 0.250. The van der Waals surface area contributed by atoms with E-state index < -0.39 is 0 Å². The lowest BCUT2D eigenvalue weighted by atomic mass is 10.2. The van der Waals surface area contributed by atoms with Crippen LogP contribution in [0.25, 0.3) is 10.9 Å². The van der Waals surface area contributed by atoms with Gasteiger partial charge in [-0.1, -0.05) is 61.5 Å². The Hall–Kier alpha value is -2.31. The van der Waals surface area contributed by atoms with E-state index in [4.69, 9.17) is 11.6 Å². The first-order chi connectivity index (χ1) is 13.0. The zero-order valence-electron chi connectivity index (χ0n) is 15.1. The van der Waals surface area contributed by atoms with Crippen LogP contribution in [0.15, 0.2) is 58.5 Å². The Morgan fingerprint density at radius 3 is 2.63 bits per heavy atom. The number of fused-ring (bicyclic) bond motifs is 1. The summed E-state index contributed by atoms with van der Waals surface area (Å²) in [7, 11) is 0. The molecular formula is C20H20ClN3O2S. The Kier molecular flexibility index (Phi) is 6.19. The number of aromatic nitrogens is 2. The summed E-state index contributed by atoms with van der Waals surface area (Å²) in [4.78, 5) is 29.8. The molecule has 5 nitrogen and oxygen atoms in total. The summed E-state index contributed by atoms with van der Waals surface area (Å²) in [5.74, 6) is 0.210. The second kappa shape index (κ2) is 8.59. The van der Waals surface area contributed by atoms with Gasteiger partial charge >= 0.3 is 0 Å². The third-order valence-electron chi connectivity index (χ3n) is 3.85. The number of nitrogens with zero attached hydrogens (tertiary/aromatic N) is 2. The minimum atomic E-state index is -0.202. The second-order valence-electron chi connectivity index (χ2n) is 6.54. The molecule has 0 atom stereocenters. The van der Waals surface area contributed by atoms with Gasteiger partial charge in [0, 0.05) is 6.54 Å². The van der Waals surface area contributed by atoms with E-state index in [9.17, 15) is 9.59 Å². The van der Waals surface area contributed by atoms with E-state index in [1.807, 2.05) is 32.0 Å². The van der Waals surface area contributed by atoms with Gasteiger partial charge in [-0.25, -0.2) is 4.98 Å². The zero-order chi connectivity index (χ0) is 19.4. The van der Waals surface area contributed by atoms with Crippen molar-refractivity contribution in [1.29, 1.82) is 0 Å². The van der Waals surface area contributed by atoms with Crippen LogP contribution in [-0.2, 0) is 11.3 Å². The summed E-state index contributed by atoms with van der Waals surface area (Å²) in [6, 6.07) is 14.3. The van der Waals surface area contributed by atoms with Crippen molar-refractivity contribution in [3.63, 3.8) is 0 Å². The number of carbonyl (C=O) groups excluding carboxylic acids is 1. The standard InChI is InChI=1S/C20H20ClN3O2S/c1-13(2)11-24-19(26)14-7-3-5-9-16(14)23-20(24)27-12-18(25)22-17-10-6-4-8-15(17)21/h3-10,13H,11-12H2,1-2H3,(H,22,25). The molecule has 1 aromatic heterocycles. The lowest BCUT2D eigenvalue weighted by Gasteiger charge is -2.15. The molecule has 0 saturated carbocycles. The number of thioether (sulfide) groups is 1. The first-order valence-corrected chi connectivity index (χ1v) is 9.99. The largest absolute Gasteiger partial charge is 0.324 e. The molecule has 0 unspecified atom stereocenters. The van der Waals surface area contributed by atoms with Crippen molar-refractivity contribution in [2.24, 2.45) is 5.92 Å². The molecule has 0 spiro atoms. The van der Waals surface area contributed by atoms with Gasteiger partial charge in [-0.3, -0.25) is 14.2 Å². The Balaban J connectivity index is 1.84. The average molecular weight is 402 g/mol. The third kappa shape index (κ3) is 4.70. The van der Waals surface area contributed by atoms with Gasteiger partial charge in [0.05, 0.1) is 27.4 Å². The van der Waals surface area contributed by atoms with Crippen LogP contribution in [0, 0.1) is 5.92 Å². The quantitative estimate of drug-likeness (QED) is 0.490. The predicted molar refractivity (Wildman–Crippen MR) is 112 cm³/mol. The van der Waals surface area contributed by atoms with Crippen LogP contribution in [0.2, 0.25) is 5.02 Å². The minimum Gasteiger partial charge on any atom is -0.324 e. The molecule has 1 N–H and O–H groups in total. The number of rotatable bonds is 6. The number of hydrogen-bond acceptors (Lipinski definition) is 4. The highest BCUT2D eigenvalue weighted by molar-refractivity contribution is 7.99. The van der Waals surface area contributed by atoms with Crippen LogP contribution in [-0.4, -0.2) is 21.2 Å². The summed E-state index contributed by atoms with van der Waals surface area (Å²) in [5.41, 5.74) is 1.12. The lowest BCUT2D eigenvalue weighted by molar-refractivity contribution is -0.113. The Bertz CT molecular complexity index is 1030. The normalized spacial score (nSPS) is 11.1. The number of carbonyl (C=O) groups is 1. The van der Waals surface area contributed by atoms with Crippen LogP contribution in [0.4, 0.5) is 5.69 Å². The zero-order valence-corrected chi connectivity index (χ0v) is 16.7. The number of benzene rings is 2. The minimum absolute atomic E-state index is 0.0803. The summed E-state index contributed by atoms with van der Waals surface area (Å²) in [6.45, 7) is 4.63. The van der Waals surface area contributed by atoms with E-state index >= 15 is 0 Å². The monoisotopic (exact) mass is 401 g/mol. The van der Waals surface area contributed by atoms with Crippen molar-refractivity contribution < 1.29 is 4.79 Å². The molecule has 140 valence electrons. The van der Waals surface area contributed by atoms with Gasteiger partial charge in [0.1, 0.15) is 0 Å². The molecule has 0 aliphatic rings. The smallest absolute Gasteiger partial charge is 0.262 e. The molecule has 3 rings (SSSR count).